The first-order valence-corrected chi connectivity index (χ1v) is 8.08. The lowest BCUT2D eigenvalue weighted by atomic mass is 9.96. The molecule has 0 saturated carbocycles. The van der Waals surface area contributed by atoms with Gasteiger partial charge in [-0.1, -0.05) is 0 Å². The summed E-state index contributed by atoms with van der Waals surface area (Å²) in [7, 11) is 1.48. The topological polar surface area (TPSA) is 134 Å². The maximum absolute atomic E-state index is 10.8. The molecule has 2 aromatic heterocycles. The van der Waals surface area contributed by atoms with E-state index in [0.717, 1.165) is 11.1 Å². The van der Waals surface area contributed by atoms with Crippen LogP contribution in [0.1, 0.15) is 13.2 Å². The first-order valence-electron chi connectivity index (χ1n) is 8.08. The standard InChI is InChI=1S/C15H21N5O5/c1-15(23)10(22)8(6-21)25-13(15)20-5-7-9-11(17-4-3-16-7)18-14(24-2)19-12(9)20/h5,8,10,13,16,21-23H,3-4,6H2,1-2H3,(H,17,18,19)/t8-,10-,13-,15-/m1/s1. The van der Waals surface area contributed by atoms with Gasteiger partial charge < -0.3 is 40.0 Å². The van der Waals surface area contributed by atoms with Crippen molar-refractivity contribution in [1.29, 1.82) is 0 Å². The van der Waals surface area contributed by atoms with E-state index in [1.54, 1.807) is 10.8 Å². The molecule has 2 aliphatic heterocycles. The van der Waals surface area contributed by atoms with Crippen LogP contribution >= 0.6 is 0 Å². The van der Waals surface area contributed by atoms with E-state index in [1.807, 2.05) is 0 Å². The lowest BCUT2D eigenvalue weighted by Crippen LogP contribution is -2.44. The summed E-state index contributed by atoms with van der Waals surface area (Å²) in [5.41, 5.74) is -0.319. The normalized spacial score (nSPS) is 31.5. The van der Waals surface area contributed by atoms with Crippen LogP contribution in [-0.4, -0.2) is 74.5 Å². The Morgan fingerprint density at radius 1 is 1.40 bits per heavy atom. The molecular weight excluding hydrogens is 330 g/mol. The second kappa shape index (κ2) is 5.70. The van der Waals surface area contributed by atoms with Crippen LogP contribution in [0.2, 0.25) is 0 Å². The van der Waals surface area contributed by atoms with E-state index in [1.165, 1.54) is 14.0 Å². The highest BCUT2D eigenvalue weighted by Gasteiger charge is 2.53. The maximum atomic E-state index is 10.8. The zero-order valence-electron chi connectivity index (χ0n) is 13.9. The number of nitrogens with one attached hydrogen (secondary N) is 2. The summed E-state index contributed by atoms with van der Waals surface area (Å²) in [6.45, 7) is 2.44. The first kappa shape index (κ1) is 16.3. The van der Waals surface area contributed by atoms with Crippen molar-refractivity contribution in [2.45, 2.75) is 31.0 Å². The number of hydrogen-bond acceptors (Lipinski definition) is 9. The summed E-state index contributed by atoms with van der Waals surface area (Å²) in [6, 6.07) is 0.180. The zero-order valence-corrected chi connectivity index (χ0v) is 13.9. The lowest BCUT2D eigenvalue weighted by Gasteiger charge is -2.27. The van der Waals surface area contributed by atoms with Crippen molar-refractivity contribution in [3.8, 4) is 6.01 Å². The van der Waals surface area contributed by atoms with E-state index in [9.17, 15) is 15.3 Å². The summed E-state index contributed by atoms with van der Waals surface area (Å²) in [4.78, 5) is 8.74. The summed E-state index contributed by atoms with van der Waals surface area (Å²) in [6.07, 6.45) is -1.28. The quantitative estimate of drug-likeness (QED) is 0.485. The number of aromatic nitrogens is 3. The van der Waals surface area contributed by atoms with Gasteiger partial charge in [0.25, 0.3) is 0 Å². The van der Waals surface area contributed by atoms with Gasteiger partial charge in [-0.2, -0.15) is 9.97 Å². The molecule has 1 fully saturated rings. The van der Waals surface area contributed by atoms with Crippen LogP contribution in [0.15, 0.2) is 6.20 Å². The Bertz CT molecular complexity index is 807. The molecule has 2 aromatic rings. The van der Waals surface area contributed by atoms with E-state index >= 15 is 0 Å². The van der Waals surface area contributed by atoms with Gasteiger partial charge in [-0.25, -0.2) is 0 Å². The largest absolute Gasteiger partial charge is 0.467 e. The van der Waals surface area contributed by atoms with E-state index in [0.29, 0.717) is 24.6 Å². The van der Waals surface area contributed by atoms with Crippen LogP contribution in [0.25, 0.3) is 11.0 Å². The van der Waals surface area contributed by atoms with Gasteiger partial charge in [-0.05, 0) is 6.92 Å². The molecule has 4 rings (SSSR count). The molecule has 0 unspecified atom stereocenters. The van der Waals surface area contributed by atoms with E-state index in [-0.39, 0.29) is 6.01 Å². The summed E-state index contributed by atoms with van der Waals surface area (Å²) in [5.74, 6) is 0.623. The molecule has 25 heavy (non-hydrogen) atoms. The Kier molecular flexibility index (Phi) is 3.72. The molecule has 136 valence electrons. The van der Waals surface area contributed by atoms with Gasteiger partial charge >= 0.3 is 6.01 Å². The number of nitrogens with zero attached hydrogens (tertiary/aromatic N) is 3. The van der Waals surface area contributed by atoms with Crippen LogP contribution in [0, 0.1) is 0 Å². The summed E-state index contributed by atoms with van der Waals surface area (Å²) < 4.78 is 12.5. The third kappa shape index (κ3) is 2.33. The number of aliphatic hydroxyl groups excluding tert-OH is 2. The highest BCUT2D eigenvalue weighted by molar-refractivity contribution is 6.00. The van der Waals surface area contributed by atoms with Crippen molar-refractivity contribution in [2.75, 3.05) is 37.4 Å². The molecular formula is C15H21N5O5. The van der Waals surface area contributed by atoms with Crippen molar-refractivity contribution >= 4 is 22.5 Å². The molecule has 0 bridgehead atoms. The van der Waals surface area contributed by atoms with Crippen LogP contribution in [0.5, 0.6) is 6.01 Å². The number of aliphatic hydroxyl groups is 3. The SMILES string of the molecule is COc1nc2c3c(cn([C@@H]4O[C@H](CO)[C@@H](O)[C@@]4(C)O)c3n1)NCCN2. The van der Waals surface area contributed by atoms with E-state index in [2.05, 4.69) is 20.6 Å². The second-order valence-electron chi connectivity index (χ2n) is 6.44. The third-order valence-corrected chi connectivity index (χ3v) is 4.75. The molecule has 0 radical (unpaired) electrons. The molecule has 0 aliphatic carbocycles. The van der Waals surface area contributed by atoms with Crippen LogP contribution in [-0.2, 0) is 4.74 Å². The Balaban J connectivity index is 1.91. The number of ether oxygens (including phenoxy) is 2. The van der Waals surface area contributed by atoms with Gasteiger partial charge in [0, 0.05) is 19.3 Å². The fraction of sp³-hybridized carbons (Fsp3) is 0.600. The fourth-order valence-electron chi connectivity index (χ4n) is 3.43. The molecule has 10 nitrogen and oxygen atoms in total. The Morgan fingerprint density at radius 2 is 2.16 bits per heavy atom. The molecule has 0 amide bonds. The predicted molar refractivity (Wildman–Crippen MR) is 88.7 cm³/mol. The van der Waals surface area contributed by atoms with Crippen LogP contribution < -0.4 is 15.4 Å². The Labute approximate surface area is 143 Å². The third-order valence-electron chi connectivity index (χ3n) is 4.75. The maximum Gasteiger partial charge on any atom is 0.320 e. The van der Waals surface area contributed by atoms with Gasteiger partial charge in [-0.15, -0.1) is 0 Å². The van der Waals surface area contributed by atoms with Gasteiger partial charge in [0.15, 0.2) is 11.9 Å². The highest BCUT2D eigenvalue weighted by Crippen LogP contribution is 2.43. The Hall–Kier alpha value is -2.14. The minimum absolute atomic E-state index is 0.180. The Morgan fingerprint density at radius 3 is 2.84 bits per heavy atom. The number of methoxy groups -OCH3 is 1. The van der Waals surface area contributed by atoms with Crippen molar-refractivity contribution in [1.82, 2.24) is 14.5 Å². The molecule has 5 N–H and O–H groups in total. The van der Waals surface area contributed by atoms with Gasteiger partial charge in [0.05, 0.1) is 24.8 Å². The lowest BCUT2D eigenvalue weighted by molar-refractivity contribution is -0.0948. The molecule has 4 atom stereocenters. The minimum atomic E-state index is -1.60. The van der Waals surface area contributed by atoms with Crippen LogP contribution in [0.3, 0.4) is 0 Å². The predicted octanol–water partition coefficient (Wildman–Crippen LogP) is -0.721. The molecule has 4 heterocycles. The molecule has 0 spiro atoms. The van der Waals surface area contributed by atoms with Gasteiger partial charge in [0.1, 0.15) is 23.6 Å². The molecule has 0 aromatic carbocycles. The first-order chi connectivity index (χ1) is 12.0. The zero-order chi connectivity index (χ0) is 17.8. The fourth-order valence-corrected chi connectivity index (χ4v) is 3.43. The average Bonchev–Trinajstić information content (AvgIpc) is 2.96. The molecule has 10 heteroatoms. The summed E-state index contributed by atoms with van der Waals surface area (Å²) >= 11 is 0. The molecule has 2 aliphatic rings. The number of anilines is 2. The minimum Gasteiger partial charge on any atom is -0.467 e. The van der Waals surface area contributed by atoms with E-state index < -0.39 is 30.6 Å². The van der Waals surface area contributed by atoms with Crippen molar-refractivity contribution < 1.29 is 24.8 Å². The van der Waals surface area contributed by atoms with Crippen molar-refractivity contribution in [3.05, 3.63) is 6.20 Å². The van der Waals surface area contributed by atoms with Crippen LogP contribution in [0.4, 0.5) is 11.5 Å². The van der Waals surface area contributed by atoms with Gasteiger partial charge in [-0.3, -0.25) is 0 Å². The molecule has 1 saturated heterocycles. The number of rotatable bonds is 3. The smallest absolute Gasteiger partial charge is 0.320 e. The highest BCUT2D eigenvalue weighted by atomic mass is 16.6. The summed E-state index contributed by atoms with van der Waals surface area (Å²) in [5, 5.41) is 37.7. The van der Waals surface area contributed by atoms with E-state index in [4.69, 9.17) is 9.47 Å². The number of hydrogen-bond donors (Lipinski definition) is 5. The average molecular weight is 351 g/mol. The monoisotopic (exact) mass is 351 g/mol. The second-order valence-corrected chi connectivity index (χ2v) is 6.44. The van der Waals surface area contributed by atoms with Crippen molar-refractivity contribution in [2.24, 2.45) is 0 Å². The van der Waals surface area contributed by atoms with Gasteiger partial charge in [0.2, 0.25) is 0 Å². The van der Waals surface area contributed by atoms with Crippen molar-refractivity contribution in [3.63, 3.8) is 0 Å².